The molecule has 0 aromatic heterocycles. The van der Waals surface area contributed by atoms with Gasteiger partial charge in [-0.3, -0.25) is 4.79 Å². The van der Waals surface area contributed by atoms with Crippen LogP contribution in [0.5, 0.6) is 0 Å². The first-order valence-corrected chi connectivity index (χ1v) is 9.69. The summed E-state index contributed by atoms with van der Waals surface area (Å²) in [5, 5.41) is 4.12. The normalized spacial score (nSPS) is 21.3. The summed E-state index contributed by atoms with van der Waals surface area (Å²) in [5.41, 5.74) is 6.31. The molecule has 140 valence electrons. The smallest absolute Gasteiger partial charge is 0.245 e. The number of amides is 1. The van der Waals surface area contributed by atoms with Gasteiger partial charge in [-0.25, -0.2) is 5.43 Å². The third-order valence-electron chi connectivity index (χ3n) is 5.70. The van der Waals surface area contributed by atoms with E-state index in [0.29, 0.717) is 6.42 Å². The Kier molecular flexibility index (Phi) is 5.77. The van der Waals surface area contributed by atoms with Crippen LogP contribution in [0.3, 0.4) is 0 Å². The lowest BCUT2D eigenvalue weighted by molar-refractivity contribution is -0.904. The third kappa shape index (κ3) is 3.98. The number of nitrogens with zero attached hydrogens (tertiary/aromatic N) is 2. The fourth-order valence-corrected chi connectivity index (χ4v) is 4.17. The number of hydrazone groups is 1. The van der Waals surface area contributed by atoms with Crippen molar-refractivity contribution in [3.05, 3.63) is 41.6 Å². The number of anilines is 1. The number of hydrogen-bond donors (Lipinski definition) is 2. The summed E-state index contributed by atoms with van der Waals surface area (Å²) in [6.45, 7) is 7.74. The molecular formula is C21H31N4O+. The van der Waals surface area contributed by atoms with Gasteiger partial charge in [0.05, 0.1) is 26.1 Å². The lowest BCUT2D eigenvalue weighted by atomic mass is 9.84. The summed E-state index contributed by atoms with van der Waals surface area (Å²) in [7, 11) is 2.08. The second-order valence-electron chi connectivity index (χ2n) is 7.88. The van der Waals surface area contributed by atoms with Gasteiger partial charge in [0.25, 0.3) is 0 Å². The average molecular weight is 356 g/mol. The van der Waals surface area contributed by atoms with Crippen molar-refractivity contribution in [1.29, 1.82) is 0 Å². The van der Waals surface area contributed by atoms with Crippen LogP contribution in [0, 0.1) is 0 Å². The summed E-state index contributed by atoms with van der Waals surface area (Å²) in [6, 6.07) is 8.46. The van der Waals surface area contributed by atoms with Crippen LogP contribution >= 0.6 is 0 Å². The number of benzene rings is 1. The van der Waals surface area contributed by atoms with Gasteiger partial charge in [-0.05, 0) is 37.0 Å². The van der Waals surface area contributed by atoms with Gasteiger partial charge in [0.1, 0.15) is 0 Å². The Bertz CT molecular complexity index is 702. The number of allylic oxidation sites excluding steroid dienone is 2. The van der Waals surface area contributed by atoms with E-state index in [9.17, 15) is 4.79 Å². The van der Waals surface area contributed by atoms with Crippen molar-refractivity contribution in [3.8, 4) is 0 Å². The minimum atomic E-state index is -0.0704. The SMILES string of the molecule is CN1/C(=C/C=N\NC(=O)CC[NH+]2CCCCC2)C(C)(C)c2ccccc21. The summed E-state index contributed by atoms with van der Waals surface area (Å²) < 4.78 is 0. The molecule has 1 aromatic rings. The molecule has 1 saturated heterocycles. The molecule has 2 aliphatic heterocycles. The maximum atomic E-state index is 12.0. The Morgan fingerprint density at radius 1 is 1.27 bits per heavy atom. The first kappa shape index (κ1) is 18.6. The number of quaternary nitrogens is 1. The van der Waals surface area contributed by atoms with Crippen LogP contribution in [0.25, 0.3) is 0 Å². The van der Waals surface area contributed by atoms with E-state index in [1.807, 2.05) is 6.08 Å². The molecule has 0 spiro atoms. The van der Waals surface area contributed by atoms with E-state index in [4.69, 9.17) is 0 Å². The van der Waals surface area contributed by atoms with E-state index in [2.05, 4.69) is 60.6 Å². The molecule has 0 saturated carbocycles. The summed E-state index contributed by atoms with van der Waals surface area (Å²) in [5.74, 6) is 0.0000429. The number of carbonyl (C=O) groups is 1. The summed E-state index contributed by atoms with van der Waals surface area (Å²) in [4.78, 5) is 15.7. The highest BCUT2D eigenvalue weighted by Gasteiger charge is 2.37. The van der Waals surface area contributed by atoms with E-state index in [-0.39, 0.29) is 11.3 Å². The second-order valence-corrected chi connectivity index (χ2v) is 7.88. The van der Waals surface area contributed by atoms with Gasteiger partial charge in [0.2, 0.25) is 5.91 Å². The molecule has 0 unspecified atom stereocenters. The van der Waals surface area contributed by atoms with Crippen molar-refractivity contribution in [1.82, 2.24) is 5.43 Å². The van der Waals surface area contributed by atoms with E-state index in [0.717, 1.165) is 6.54 Å². The second kappa shape index (κ2) is 8.04. The predicted molar refractivity (Wildman–Crippen MR) is 107 cm³/mol. The van der Waals surface area contributed by atoms with Crippen LogP contribution < -0.4 is 15.2 Å². The highest BCUT2D eigenvalue weighted by molar-refractivity contribution is 5.81. The van der Waals surface area contributed by atoms with Crippen molar-refractivity contribution < 1.29 is 9.69 Å². The van der Waals surface area contributed by atoms with E-state index < -0.39 is 0 Å². The molecule has 0 radical (unpaired) electrons. The molecule has 5 heteroatoms. The fourth-order valence-electron chi connectivity index (χ4n) is 4.17. The summed E-state index contributed by atoms with van der Waals surface area (Å²) >= 11 is 0. The molecule has 1 aromatic carbocycles. The number of carbonyl (C=O) groups excluding carboxylic acids is 1. The molecule has 0 aliphatic carbocycles. The quantitative estimate of drug-likeness (QED) is 0.626. The van der Waals surface area contributed by atoms with Gasteiger partial charge in [-0.15, -0.1) is 0 Å². The number of likely N-dealkylation sites (N-methyl/N-ethyl adjacent to an activating group) is 1. The number of rotatable bonds is 5. The zero-order valence-electron chi connectivity index (χ0n) is 16.2. The van der Waals surface area contributed by atoms with Crippen molar-refractivity contribution in [2.75, 3.05) is 31.6 Å². The molecule has 0 atom stereocenters. The van der Waals surface area contributed by atoms with Gasteiger partial charge in [-0.2, -0.15) is 5.10 Å². The zero-order valence-corrected chi connectivity index (χ0v) is 16.2. The largest absolute Gasteiger partial charge is 0.347 e. The van der Waals surface area contributed by atoms with Crippen LogP contribution in [0.2, 0.25) is 0 Å². The molecule has 5 nitrogen and oxygen atoms in total. The van der Waals surface area contributed by atoms with Crippen LogP contribution in [0.4, 0.5) is 5.69 Å². The molecule has 2 N–H and O–H groups in total. The van der Waals surface area contributed by atoms with Gasteiger partial charge in [-0.1, -0.05) is 32.0 Å². The van der Waals surface area contributed by atoms with Crippen molar-refractivity contribution in [2.45, 2.75) is 44.9 Å². The number of piperidine rings is 1. The van der Waals surface area contributed by atoms with Crippen molar-refractivity contribution in [3.63, 3.8) is 0 Å². The predicted octanol–water partition coefficient (Wildman–Crippen LogP) is 1.86. The standard InChI is InChI=1S/C21H30N4O/c1-21(2)17-9-5-6-10-18(17)24(3)19(21)11-13-22-23-20(26)12-16-25-14-7-4-8-15-25/h5-6,9-11,13H,4,7-8,12,14-16H2,1-3H3,(H,23,26)/p+1/b19-11+,22-13-. The number of para-hydroxylation sites is 1. The monoisotopic (exact) mass is 355 g/mol. The minimum Gasteiger partial charge on any atom is -0.347 e. The Labute approximate surface area is 156 Å². The third-order valence-corrected chi connectivity index (χ3v) is 5.70. The van der Waals surface area contributed by atoms with E-state index in [1.54, 1.807) is 11.1 Å². The Morgan fingerprint density at radius 2 is 2.00 bits per heavy atom. The van der Waals surface area contributed by atoms with Crippen LogP contribution in [0.1, 0.15) is 45.1 Å². The van der Waals surface area contributed by atoms with Crippen LogP contribution in [-0.2, 0) is 10.2 Å². The Hall–Kier alpha value is -2.14. The zero-order chi connectivity index (χ0) is 18.6. The molecule has 1 fully saturated rings. The number of nitrogens with one attached hydrogen (secondary N) is 2. The molecule has 2 heterocycles. The Balaban J connectivity index is 1.53. The molecule has 3 rings (SSSR count). The number of hydrogen-bond acceptors (Lipinski definition) is 3. The van der Waals surface area contributed by atoms with Crippen LogP contribution in [-0.4, -0.2) is 38.8 Å². The topological polar surface area (TPSA) is 49.1 Å². The molecule has 26 heavy (non-hydrogen) atoms. The molecule has 0 bridgehead atoms. The summed E-state index contributed by atoms with van der Waals surface area (Å²) in [6.07, 6.45) is 8.15. The van der Waals surface area contributed by atoms with E-state index >= 15 is 0 Å². The van der Waals surface area contributed by atoms with Gasteiger partial charge in [0.15, 0.2) is 0 Å². The van der Waals surface area contributed by atoms with Crippen LogP contribution in [0.15, 0.2) is 41.1 Å². The number of fused-ring (bicyclic) bond motifs is 1. The maximum Gasteiger partial charge on any atom is 0.245 e. The van der Waals surface area contributed by atoms with Gasteiger partial charge >= 0.3 is 0 Å². The lowest BCUT2D eigenvalue weighted by Crippen LogP contribution is -3.12. The molecule has 2 aliphatic rings. The van der Waals surface area contributed by atoms with Crippen molar-refractivity contribution >= 4 is 17.8 Å². The van der Waals surface area contributed by atoms with Gasteiger partial charge < -0.3 is 9.80 Å². The fraction of sp³-hybridized carbons (Fsp3) is 0.524. The maximum absolute atomic E-state index is 12.0. The first-order valence-electron chi connectivity index (χ1n) is 9.69. The van der Waals surface area contributed by atoms with Crippen molar-refractivity contribution in [2.24, 2.45) is 5.10 Å². The highest BCUT2D eigenvalue weighted by Crippen LogP contribution is 2.46. The first-order chi connectivity index (χ1) is 12.5. The number of likely N-dealkylation sites (tertiary alicyclic amines) is 1. The minimum absolute atomic E-state index is 0.0000429. The Morgan fingerprint density at radius 3 is 2.73 bits per heavy atom. The highest BCUT2D eigenvalue weighted by atomic mass is 16.2. The van der Waals surface area contributed by atoms with E-state index in [1.165, 1.54) is 49.3 Å². The average Bonchev–Trinajstić information content (AvgIpc) is 2.85. The molecular weight excluding hydrogens is 324 g/mol. The van der Waals surface area contributed by atoms with Gasteiger partial charge in [0, 0.05) is 30.1 Å². The lowest BCUT2D eigenvalue weighted by Gasteiger charge is -2.23. The molecule has 1 amide bonds.